The van der Waals surface area contributed by atoms with Gasteiger partial charge in [-0.1, -0.05) is 27.2 Å². The smallest absolute Gasteiger partial charge is 0.0504 e. The van der Waals surface area contributed by atoms with Gasteiger partial charge in [0.1, 0.15) is 0 Å². The zero-order valence-electron chi connectivity index (χ0n) is 10.9. The molecule has 2 nitrogen and oxygen atoms in total. The molecule has 0 aliphatic heterocycles. The molecular formula is C13H26O2S. The van der Waals surface area contributed by atoms with Crippen molar-refractivity contribution in [2.75, 3.05) is 19.8 Å². The lowest BCUT2D eigenvalue weighted by Crippen LogP contribution is -2.22. The fourth-order valence-electron chi connectivity index (χ4n) is 2.20. The number of hydrogen-bond acceptors (Lipinski definition) is 3. The van der Waals surface area contributed by atoms with Crippen LogP contribution >= 0.6 is 11.8 Å². The highest BCUT2D eigenvalue weighted by atomic mass is 32.2. The zero-order valence-corrected chi connectivity index (χ0v) is 11.7. The van der Waals surface area contributed by atoms with Gasteiger partial charge in [-0.2, -0.15) is 11.8 Å². The minimum Gasteiger partial charge on any atom is -0.396 e. The Labute approximate surface area is 104 Å². The summed E-state index contributed by atoms with van der Waals surface area (Å²) in [5.41, 5.74) is 0. The summed E-state index contributed by atoms with van der Waals surface area (Å²) in [4.78, 5) is 0. The average molecular weight is 246 g/mol. The van der Waals surface area contributed by atoms with Crippen LogP contribution in [0.25, 0.3) is 0 Å². The summed E-state index contributed by atoms with van der Waals surface area (Å²) in [5, 5.41) is 9.45. The first kappa shape index (κ1) is 14.3. The topological polar surface area (TPSA) is 29.5 Å². The largest absolute Gasteiger partial charge is 0.396 e. The van der Waals surface area contributed by atoms with Gasteiger partial charge in [0.25, 0.3) is 0 Å². The molecule has 1 aliphatic rings. The SMILES string of the molecule is CC(C)(C)SC1CCCC1COCCCO. The average Bonchev–Trinajstić information content (AvgIpc) is 2.58. The molecule has 0 bridgehead atoms. The van der Waals surface area contributed by atoms with Crippen LogP contribution in [0.4, 0.5) is 0 Å². The van der Waals surface area contributed by atoms with E-state index < -0.39 is 0 Å². The summed E-state index contributed by atoms with van der Waals surface area (Å²) in [7, 11) is 0. The van der Waals surface area contributed by atoms with Gasteiger partial charge in [0.2, 0.25) is 0 Å². The first-order valence-corrected chi connectivity index (χ1v) is 7.27. The molecule has 1 rings (SSSR count). The maximum Gasteiger partial charge on any atom is 0.0504 e. The molecule has 1 saturated carbocycles. The Morgan fingerprint density at radius 2 is 2.06 bits per heavy atom. The number of aliphatic hydroxyl groups is 1. The Hall–Kier alpha value is 0.270. The van der Waals surface area contributed by atoms with Crippen LogP contribution in [0.5, 0.6) is 0 Å². The first-order valence-electron chi connectivity index (χ1n) is 6.39. The van der Waals surface area contributed by atoms with Crippen LogP contribution in [0.3, 0.4) is 0 Å². The van der Waals surface area contributed by atoms with E-state index in [0.29, 0.717) is 11.4 Å². The summed E-state index contributed by atoms with van der Waals surface area (Å²) >= 11 is 2.11. The minimum atomic E-state index is 0.241. The third kappa shape index (κ3) is 5.55. The van der Waals surface area contributed by atoms with E-state index in [4.69, 9.17) is 9.84 Å². The Balaban J connectivity index is 2.24. The summed E-state index contributed by atoms with van der Waals surface area (Å²) in [6.45, 7) is 8.71. The van der Waals surface area contributed by atoms with E-state index in [1.807, 2.05) is 0 Å². The third-order valence-corrected chi connectivity index (χ3v) is 4.50. The van der Waals surface area contributed by atoms with E-state index in [0.717, 1.165) is 24.2 Å². The van der Waals surface area contributed by atoms with E-state index in [9.17, 15) is 0 Å². The Kier molecular flexibility index (Phi) is 6.16. The molecule has 0 radical (unpaired) electrons. The molecule has 96 valence electrons. The molecule has 3 heteroatoms. The van der Waals surface area contributed by atoms with Crippen LogP contribution in [-0.4, -0.2) is 34.9 Å². The number of hydrogen-bond donors (Lipinski definition) is 1. The Morgan fingerprint density at radius 3 is 2.69 bits per heavy atom. The molecule has 1 fully saturated rings. The lowest BCUT2D eigenvalue weighted by atomic mass is 10.1. The van der Waals surface area contributed by atoms with Gasteiger partial charge in [0, 0.05) is 23.2 Å². The Bertz CT molecular complexity index is 189. The van der Waals surface area contributed by atoms with E-state index in [2.05, 4.69) is 32.5 Å². The van der Waals surface area contributed by atoms with Gasteiger partial charge in [-0.15, -0.1) is 0 Å². The summed E-state index contributed by atoms with van der Waals surface area (Å²) in [5.74, 6) is 0.725. The van der Waals surface area contributed by atoms with Gasteiger partial charge in [-0.25, -0.2) is 0 Å². The van der Waals surface area contributed by atoms with Crippen molar-refractivity contribution in [2.24, 2.45) is 5.92 Å². The van der Waals surface area contributed by atoms with Crippen molar-refractivity contribution in [2.45, 2.75) is 56.5 Å². The van der Waals surface area contributed by atoms with Crippen LogP contribution in [0, 0.1) is 5.92 Å². The van der Waals surface area contributed by atoms with Crippen molar-refractivity contribution in [3.05, 3.63) is 0 Å². The number of aliphatic hydroxyl groups excluding tert-OH is 1. The maximum absolute atomic E-state index is 8.68. The molecule has 0 saturated heterocycles. The van der Waals surface area contributed by atoms with Crippen LogP contribution in [0.15, 0.2) is 0 Å². The van der Waals surface area contributed by atoms with Gasteiger partial charge in [-0.05, 0) is 25.2 Å². The number of ether oxygens (including phenoxy) is 1. The molecule has 0 heterocycles. The van der Waals surface area contributed by atoms with Crippen molar-refractivity contribution in [3.63, 3.8) is 0 Å². The van der Waals surface area contributed by atoms with E-state index in [1.165, 1.54) is 19.3 Å². The lowest BCUT2D eigenvalue weighted by Gasteiger charge is -2.27. The Morgan fingerprint density at radius 1 is 1.31 bits per heavy atom. The highest BCUT2D eigenvalue weighted by molar-refractivity contribution is 8.01. The summed E-state index contributed by atoms with van der Waals surface area (Å²) in [6.07, 6.45) is 4.77. The van der Waals surface area contributed by atoms with Crippen molar-refractivity contribution < 1.29 is 9.84 Å². The predicted octanol–water partition coefficient (Wildman–Crippen LogP) is 3.09. The van der Waals surface area contributed by atoms with Crippen molar-refractivity contribution >= 4 is 11.8 Å². The second kappa shape index (κ2) is 6.87. The molecule has 0 amide bonds. The monoisotopic (exact) mass is 246 g/mol. The molecule has 0 aromatic carbocycles. The predicted molar refractivity (Wildman–Crippen MR) is 71.0 cm³/mol. The number of rotatable bonds is 6. The molecule has 1 aliphatic carbocycles. The molecule has 0 aromatic rings. The van der Waals surface area contributed by atoms with Crippen LogP contribution < -0.4 is 0 Å². The second-order valence-corrected chi connectivity index (χ2v) is 7.68. The van der Waals surface area contributed by atoms with Gasteiger partial charge < -0.3 is 9.84 Å². The molecule has 2 atom stereocenters. The van der Waals surface area contributed by atoms with Crippen molar-refractivity contribution in [3.8, 4) is 0 Å². The fourth-order valence-corrected chi connectivity index (χ4v) is 3.80. The van der Waals surface area contributed by atoms with E-state index >= 15 is 0 Å². The quantitative estimate of drug-likeness (QED) is 0.730. The lowest BCUT2D eigenvalue weighted by molar-refractivity contribution is 0.0894. The number of thioether (sulfide) groups is 1. The molecule has 0 aromatic heterocycles. The van der Waals surface area contributed by atoms with Gasteiger partial charge in [0.15, 0.2) is 0 Å². The van der Waals surface area contributed by atoms with Crippen LogP contribution in [0.2, 0.25) is 0 Å². The summed E-state index contributed by atoms with van der Waals surface area (Å²) in [6, 6.07) is 0. The fraction of sp³-hybridized carbons (Fsp3) is 1.00. The second-order valence-electron chi connectivity index (χ2n) is 5.61. The normalized spacial score (nSPS) is 26.2. The highest BCUT2D eigenvalue weighted by Gasteiger charge is 2.31. The molecule has 0 spiro atoms. The van der Waals surface area contributed by atoms with Gasteiger partial charge in [0.05, 0.1) is 6.61 Å². The van der Waals surface area contributed by atoms with Crippen molar-refractivity contribution in [1.29, 1.82) is 0 Å². The molecule has 16 heavy (non-hydrogen) atoms. The van der Waals surface area contributed by atoms with E-state index in [1.54, 1.807) is 0 Å². The summed E-state index contributed by atoms with van der Waals surface area (Å²) < 4.78 is 5.99. The standard InChI is InChI=1S/C13H26O2S/c1-13(2,3)16-12-7-4-6-11(12)10-15-9-5-8-14/h11-12,14H,4-10H2,1-3H3. The van der Waals surface area contributed by atoms with E-state index in [-0.39, 0.29) is 6.61 Å². The molecular weight excluding hydrogens is 220 g/mol. The van der Waals surface area contributed by atoms with Crippen LogP contribution in [0.1, 0.15) is 46.5 Å². The van der Waals surface area contributed by atoms with Gasteiger partial charge >= 0.3 is 0 Å². The minimum absolute atomic E-state index is 0.241. The van der Waals surface area contributed by atoms with Gasteiger partial charge in [-0.3, -0.25) is 0 Å². The highest BCUT2D eigenvalue weighted by Crippen LogP contribution is 2.41. The molecule has 1 N–H and O–H groups in total. The zero-order chi connectivity index (χ0) is 12.0. The third-order valence-electron chi connectivity index (χ3n) is 2.87. The van der Waals surface area contributed by atoms with Crippen molar-refractivity contribution in [1.82, 2.24) is 0 Å². The van der Waals surface area contributed by atoms with Crippen LogP contribution in [-0.2, 0) is 4.74 Å². The first-order chi connectivity index (χ1) is 7.53. The molecule has 2 unspecified atom stereocenters. The maximum atomic E-state index is 8.68.